The molecule has 0 aromatic carbocycles. The van der Waals surface area contributed by atoms with Crippen LogP contribution < -0.4 is 11.1 Å². The number of carbonyl (C=O) groups is 1. The van der Waals surface area contributed by atoms with Crippen molar-refractivity contribution in [2.24, 2.45) is 5.73 Å². The molecule has 2 atom stereocenters. The van der Waals surface area contributed by atoms with Gasteiger partial charge in [-0.25, -0.2) is 0 Å². The molecule has 0 aromatic rings. The van der Waals surface area contributed by atoms with Crippen LogP contribution in [-0.2, 0) is 4.79 Å². The van der Waals surface area contributed by atoms with Crippen LogP contribution in [0.2, 0.25) is 0 Å². The zero-order chi connectivity index (χ0) is 5.44. The molecule has 4 heteroatoms. The average Bonchev–Trinajstić information content (AvgIpc) is 1.68. The molecule has 1 fully saturated rings. The summed E-state index contributed by atoms with van der Waals surface area (Å²) in [6.07, 6.45) is -0.813. The minimum Gasteiger partial charge on any atom is -0.371 e. The Morgan fingerprint density at radius 3 is 2.43 bits per heavy atom. The molecule has 4 nitrogen and oxygen atoms in total. The molecule has 0 saturated carbocycles. The van der Waals surface area contributed by atoms with Crippen molar-refractivity contribution in [1.29, 1.82) is 0 Å². The van der Waals surface area contributed by atoms with Gasteiger partial charge in [0.1, 0.15) is 6.04 Å². The van der Waals surface area contributed by atoms with Gasteiger partial charge in [0.25, 0.3) is 0 Å². The van der Waals surface area contributed by atoms with E-state index in [1.165, 1.54) is 0 Å². The number of aliphatic hydroxyl groups excluding tert-OH is 1. The summed E-state index contributed by atoms with van der Waals surface area (Å²) in [7, 11) is 0. The van der Waals surface area contributed by atoms with Gasteiger partial charge >= 0.3 is 0 Å². The molecular weight excluding hydrogens is 96.0 g/mol. The van der Waals surface area contributed by atoms with Crippen LogP contribution >= 0.6 is 0 Å². The zero-order valence-electron chi connectivity index (χ0n) is 3.59. The van der Waals surface area contributed by atoms with Crippen molar-refractivity contribution < 1.29 is 9.90 Å². The van der Waals surface area contributed by atoms with Crippen molar-refractivity contribution in [3.63, 3.8) is 0 Å². The number of amides is 1. The van der Waals surface area contributed by atoms with E-state index in [1.807, 2.05) is 0 Å². The minimum atomic E-state index is -0.813. The summed E-state index contributed by atoms with van der Waals surface area (Å²) in [6, 6.07) is -0.694. The maximum Gasteiger partial charge on any atom is 0.243 e. The number of β-lactam (4-membered cyclic amide) rings is 1. The Hall–Kier alpha value is -0.610. The van der Waals surface area contributed by atoms with Crippen molar-refractivity contribution in [3.05, 3.63) is 0 Å². The number of hydrogen-bond donors (Lipinski definition) is 3. The highest BCUT2D eigenvalue weighted by Crippen LogP contribution is 1.96. The van der Waals surface area contributed by atoms with Crippen LogP contribution in [0.1, 0.15) is 0 Å². The molecule has 1 saturated heterocycles. The second kappa shape index (κ2) is 1.18. The molecule has 4 N–H and O–H groups in total. The van der Waals surface area contributed by atoms with Gasteiger partial charge in [0.2, 0.25) is 5.91 Å². The summed E-state index contributed by atoms with van der Waals surface area (Å²) in [4.78, 5) is 10.0. The lowest BCUT2D eigenvalue weighted by Crippen LogP contribution is -2.66. The van der Waals surface area contributed by atoms with Gasteiger partial charge in [0.05, 0.1) is 0 Å². The number of nitrogens with two attached hydrogens (primary N) is 1. The molecule has 1 heterocycles. The second-order valence-corrected chi connectivity index (χ2v) is 1.48. The molecule has 1 aliphatic rings. The van der Waals surface area contributed by atoms with Gasteiger partial charge in [-0.15, -0.1) is 0 Å². The number of nitrogens with one attached hydrogen (secondary N) is 1. The molecule has 0 spiro atoms. The van der Waals surface area contributed by atoms with E-state index in [0.717, 1.165) is 0 Å². The van der Waals surface area contributed by atoms with Crippen LogP contribution in [0.4, 0.5) is 0 Å². The average molecular weight is 102 g/mol. The number of aliphatic hydroxyl groups is 1. The molecule has 1 amide bonds. The van der Waals surface area contributed by atoms with E-state index < -0.39 is 12.3 Å². The van der Waals surface area contributed by atoms with Gasteiger partial charge in [0.15, 0.2) is 6.23 Å². The maximum absolute atomic E-state index is 10.0. The second-order valence-electron chi connectivity index (χ2n) is 1.48. The van der Waals surface area contributed by atoms with Crippen LogP contribution in [0.5, 0.6) is 0 Å². The van der Waals surface area contributed by atoms with E-state index in [9.17, 15) is 4.79 Å². The van der Waals surface area contributed by atoms with Crippen LogP contribution in [0.3, 0.4) is 0 Å². The summed E-state index contributed by atoms with van der Waals surface area (Å²) < 4.78 is 0. The molecule has 0 radical (unpaired) electrons. The van der Waals surface area contributed by atoms with Crippen molar-refractivity contribution in [2.45, 2.75) is 12.3 Å². The molecule has 1 rings (SSSR count). The van der Waals surface area contributed by atoms with E-state index >= 15 is 0 Å². The number of rotatable bonds is 0. The summed E-state index contributed by atoms with van der Waals surface area (Å²) in [5.74, 6) is -0.285. The molecule has 7 heavy (non-hydrogen) atoms. The third-order valence-electron chi connectivity index (χ3n) is 0.933. The fraction of sp³-hybridized carbons (Fsp3) is 0.667. The largest absolute Gasteiger partial charge is 0.371 e. The highest BCUT2D eigenvalue weighted by atomic mass is 16.3. The van der Waals surface area contributed by atoms with Gasteiger partial charge in [-0.05, 0) is 0 Å². The molecule has 40 valence electrons. The first-order chi connectivity index (χ1) is 3.22. The van der Waals surface area contributed by atoms with Gasteiger partial charge in [-0.1, -0.05) is 0 Å². The highest BCUT2D eigenvalue weighted by molar-refractivity contribution is 5.88. The molecule has 0 aromatic heterocycles. The van der Waals surface area contributed by atoms with E-state index in [1.54, 1.807) is 0 Å². The normalized spacial score (nSPS) is 39.4. The first-order valence-electron chi connectivity index (χ1n) is 1.96. The van der Waals surface area contributed by atoms with Gasteiger partial charge < -0.3 is 16.2 Å². The third-order valence-corrected chi connectivity index (χ3v) is 0.933. The quantitative estimate of drug-likeness (QED) is 0.303. The summed E-state index contributed by atoms with van der Waals surface area (Å²) >= 11 is 0. The first-order valence-corrected chi connectivity index (χ1v) is 1.96. The minimum absolute atomic E-state index is 0.285. The summed E-state index contributed by atoms with van der Waals surface area (Å²) in [5.41, 5.74) is 5.00. The van der Waals surface area contributed by atoms with Gasteiger partial charge in [0, 0.05) is 0 Å². The maximum atomic E-state index is 10.0. The van der Waals surface area contributed by atoms with E-state index in [4.69, 9.17) is 10.8 Å². The lowest BCUT2D eigenvalue weighted by Gasteiger charge is -2.28. The predicted octanol–water partition coefficient (Wildman–Crippen LogP) is -2.24. The summed E-state index contributed by atoms with van der Waals surface area (Å²) in [5, 5.41) is 10.6. The Balaban J connectivity index is 2.43. The topological polar surface area (TPSA) is 75.4 Å². The van der Waals surface area contributed by atoms with Gasteiger partial charge in [-0.2, -0.15) is 0 Å². The lowest BCUT2D eigenvalue weighted by atomic mass is 10.1. The zero-order valence-corrected chi connectivity index (χ0v) is 3.59. The lowest BCUT2D eigenvalue weighted by molar-refractivity contribution is -0.139. The molecule has 1 unspecified atom stereocenters. The predicted molar refractivity (Wildman–Crippen MR) is 22.1 cm³/mol. The highest BCUT2D eigenvalue weighted by Gasteiger charge is 2.33. The number of carbonyl (C=O) groups excluding carboxylic acids is 1. The molecule has 0 aliphatic carbocycles. The molecular formula is C3H6N2O2. The van der Waals surface area contributed by atoms with E-state index in [-0.39, 0.29) is 5.91 Å². The summed E-state index contributed by atoms with van der Waals surface area (Å²) in [6.45, 7) is 0. The van der Waals surface area contributed by atoms with E-state index in [2.05, 4.69) is 5.32 Å². The molecule has 0 bridgehead atoms. The first kappa shape index (κ1) is 4.55. The fourth-order valence-corrected chi connectivity index (χ4v) is 0.379. The van der Waals surface area contributed by atoms with Crippen molar-refractivity contribution in [3.8, 4) is 0 Å². The molecule has 1 aliphatic heterocycles. The Morgan fingerprint density at radius 2 is 2.43 bits per heavy atom. The van der Waals surface area contributed by atoms with Gasteiger partial charge in [-0.3, -0.25) is 4.79 Å². The third kappa shape index (κ3) is 0.477. The van der Waals surface area contributed by atoms with Crippen LogP contribution in [0.15, 0.2) is 0 Å². The smallest absolute Gasteiger partial charge is 0.243 e. The SMILES string of the molecule is N[C@@H]1C(=O)NC1O. The fourth-order valence-electron chi connectivity index (χ4n) is 0.379. The van der Waals surface area contributed by atoms with Crippen molar-refractivity contribution in [2.75, 3.05) is 0 Å². The Morgan fingerprint density at radius 1 is 1.86 bits per heavy atom. The number of hydrogen-bond acceptors (Lipinski definition) is 3. The van der Waals surface area contributed by atoms with Crippen molar-refractivity contribution >= 4 is 5.91 Å². The van der Waals surface area contributed by atoms with Crippen LogP contribution in [-0.4, -0.2) is 23.3 Å². The monoisotopic (exact) mass is 102 g/mol. The Labute approximate surface area is 40.3 Å². The Bertz CT molecular complexity index is 103. The van der Waals surface area contributed by atoms with Crippen molar-refractivity contribution in [1.82, 2.24) is 5.32 Å². The standard InChI is InChI=1S/C3H6N2O2/c4-1-2(6)5-3(1)7/h1-2,6H,4H2,(H,5,7)/t1-,2?/m0/s1. The van der Waals surface area contributed by atoms with Crippen LogP contribution in [0.25, 0.3) is 0 Å². The van der Waals surface area contributed by atoms with E-state index in [0.29, 0.717) is 0 Å². The van der Waals surface area contributed by atoms with Crippen LogP contribution in [0, 0.1) is 0 Å². The Kier molecular flexibility index (Phi) is 0.765.